The van der Waals surface area contributed by atoms with Crippen molar-refractivity contribution in [2.45, 2.75) is 13.0 Å². The number of hydrogen-bond donors (Lipinski definition) is 0. The Labute approximate surface area is 167 Å². The van der Waals surface area contributed by atoms with E-state index in [4.69, 9.17) is 4.74 Å². The summed E-state index contributed by atoms with van der Waals surface area (Å²) in [5, 5.41) is 5.09. The molecule has 0 fully saturated rings. The van der Waals surface area contributed by atoms with Crippen LogP contribution in [0.4, 0.5) is 0 Å². The SMILES string of the molecule is Cc1nn(C)c2ncc(C(=O)O[C@H](C(=O)c3ccccc3)c3ccccc3)cc12. The molecule has 4 rings (SSSR count). The normalized spacial score (nSPS) is 11.9. The fraction of sp³-hybridized carbons (Fsp3) is 0.130. The molecular formula is C23H19N3O3. The molecule has 0 unspecified atom stereocenters. The number of hydrogen-bond acceptors (Lipinski definition) is 5. The summed E-state index contributed by atoms with van der Waals surface area (Å²) < 4.78 is 7.34. The molecule has 4 aromatic rings. The lowest BCUT2D eigenvalue weighted by atomic mass is 10.00. The van der Waals surface area contributed by atoms with Gasteiger partial charge in [-0.05, 0) is 13.0 Å². The highest BCUT2D eigenvalue weighted by molar-refractivity contribution is 6.02. The first-order chi connectivity index (χ1) is 14.0. The molecule has 0 saturated heterocycles. The van der Waals surface area contributed by atoms with Crippen molar-refractivity contribution in [2.75, 3.05) is 0 Å². The Balaban J connectivity index is 1.68. The summed E-state index contributed by atoms with van der Waals surface area (Å²) in [7, 11) is 1.80. The molecule has 0 saturated carbocycles. The van der Waals surface area contributed by atoms with Gasteiger partial charge in [0.05, 0.1) is 11.3 Å². The molecule has 0 aliphatic heterocycles. The van der Waals surface area contributed by atoms with Gasteiger partial charge in [-0.15, -0.1) is 0 Å². The van der Waals surface area contributed by atoms with Crippen LogP contribution in [0.3, 0.4) is 0 Å². The molecule has 2 aromatic heterocycles. The summed E-state index contributed by atoms with van der Waals surface area (Å²) in [6.07, 6.45) is 0.401. The number of ketones is 1. The molecule has 6 heteroatoms. The van der Waals surface area contributed by atoms with E-state index in [0.717, 1.165) is 11.1 Å². The quantitative estimate of drug-likeness (QED) is 0.383. The van der Waals surface area contributed by atoms with Crippen molar-refractivity contribution in [1.29, 1.82) is 0 Å². The highest BCUT2D eigenvalue weighted by atomic mass is 16.5. The average molecular weight is 385 g/mol. The third-order valence-electron chi connectivity index (χ3n) is 4.72. The van der Waals surface area contributed by atoms with Gasteiger partial charge in [-0.3, -0.25) is 9.48 Å². The van der Waals surface area contributed by atoms with Crippen molar-refractivity contribution >= 4 is 22.8 Å². The number of carbonyl (C=O) groups is 2. The molecule has 1 atom stereocenters. The molecule has 2 aromatic carbocycles. The summed E-state index contributed by atoms with van der Waals surface area (Å²) in [6, 6.07) is 19.5. The average Bonchev–Trinajstić information content (AvgIpc) is 3.05. The van der Waals surface area contributed by atoms with Crippen molar-refractivity contribution in [3.63, 3.8) is 0 Å². The Morgan fingerprint density at radius 1 is 0.966 bits per heavy atom. The van der Waals surface area contributed by atoms with Gasteiger partial charge in [0.25, 0.3) is 0 Å². The lowest BCUT2D eigenvalue weighted by Gasteiger charge is -2.17. The van der Waals surface area contributed by atoms with E-state index in [9.17, 15) is 9.59 Å². The maximum absolute atomic E-state index is 13.1. The first-order valence-electron chi connectivity index (χ1n) is 9.19. The van der Waals surface area contributed by atoms with Gasteiger partial charge in [0.2, 0.25) is 5.78 Å². The molecule has 0 bridgehead atoms. The van der Waals surface area contributed by atoms with Crippen LogP contribution in [0.15, 0.2) is 72.9 Å². The lowest BCUT2D eigenvalue weighted by molar-refractivity contribution is 0.0280. The first kappa shape index (κ1) is 18.6. The zero-order valence-corrected chi connectivity index (χ0v) is 16.1. The van der Waals surface area contributed by atoms with Crippen molar-refractivity contribution in [2.24, 2.45) is 7.05 Å². The van der Waals surface area contributed by atoms with Crippen LogP contribution in [0.2, 0.25) is 0 Å². The standard InChI is InChI=1S/C23H19N3O3/c1-15-19-13-18(14-24-22(19)26(2)25-15)23(28)29-21(17-11-7-4-8-12-17)20(27)16-9-5-3-6-10-16/h3-14,21H,1-2H3/t21-/m0/s1. The maximum atomic E-state index is 13.1. The van der Waals surface area contributed by atoms with Crippen LogP contribution < -0.4 is 0 Å². The Hall–Kier alpha value is -3.80. The van der Waals surface area contributed by atoms with Crippen molar-refractivity contribution in [1.82, 2.24) is 14.8 Å². The van der Waals surface area contributed by atoms with Crippen LogP contribution in [0.5, 0.6) is 0 Å². The van der Waals surface area contributed by atoms with Crippen molar-refractivity contribution < 1.29 is 14.3 Å². The van der Waals surface area contributed by atoms with E-state index in [2.05, 4.69) is 10.1 Å². The molecule has 2 heterocycles. The number of Topliss-reactive ketones (excluding diaryl/α,β-unsaturated/α-hetero) is 1. The monoisotopic (exact) mass is 385 g/mol. The number of nitrogens with zero attached hydrogens (tertiary/aromatic N) is 3. The van der Waals surface area contributed by atoms with Gasteiger partial charge in [0.15, 0.2) is 11.8 Å². The predicted octanol–water partition coefficient (Wildman–Crippen LogP) is 4.06. The highest BCUT2D eigenvalue weighted by Crippen LogP contribution is 2.25. The number of fused-ring (bicyclic) bond motifs is 1. The third kappa shape index (κ3) is 3.65. The van der Waals surface area contributed by atoms with E-state index < -0.39 is 12.1 Å². The Morgan fingerprint density at radius 2 is 1.62 bits per heavy atom. The minimum Gasteiger partial charge on any atom is -0.445 e. The van der Waals surface area contributed by atoms with E-state index in [0.29, 0.717) is 16.8 Å². The number of rotatable bonds is 5. The molecule has 0 aliphatic rings. The predicted molar refractivity (Wildman–Crippen MR) is 109 cm³/mol. The minimum atomic E-state index is -1.04. The van der Waals surface area contributed by atoms with Crippen LogP contribution in [0.25, 0.3) is 11.0 Å². The summed E-state index contributed by atoms with van der Waals surface area (Å²) in [5.74, 6) is -0.891. The third-order valence-corrected chi connectivity index (χ3v) is 4.72. The second-order valence-corrected chi connectivity index (χ2v) is 6.73. The second kappa shape index (κ2) is 7.67. The molecule has 6 nitrogen and oxygen atoms in total. The van der Waals surface area contributed by atoms with Gasteiger partial charge in [-0.25, -0.2) is 9.78 Å². The van der Waals surface area contributed by atoms with E-state index >= 15 is 0 Å². The van der Waals surface area contributed by atoms with Gasteiger partial charge in [-0.2, -0.15) is 5.10 Å². The van der Waals surface area contributed by atoms with E-state index in [1.165, 1.54) is 6.20 Å². The van der Waals surface area contributed by atoms with Crippen molar-refractivity contribution in [3.05, 3.63) is 95.3 Å². The summed E-state index contributed by atoms with van der Waals surface area (Å²) in [4.78, 5) is 30.3. The zero-order chi connectivity index (χ0) is 20.4. The molecule has 0 spiro atoms. The minimum absolute atomic E-state index is 0.274. The number of aryl methyl sites for hydroxylation is 2. The Bertz CT molecular complexity index is 1180. The number of esters is 1. The van der Waals surface area contributed by atoms with Crippen LogP contribution in [0, 0.1) is 6.92 Å². The van der Waals surface area contributed by atoms with Crippen LogP contribution in [-0.4, -0.2) is 26.5 Å². The van der Waals surface area contributed by atoms with Crippen LogP contribution in [0.1, 0.15) is 38.1 Å². The van der Waals surface area contributed by atoms with Crippen molar-refractivity contribution in [3.8, 4) is 0 Å². The van der Waals surface area contributed by atoms with Gasteiger partial charge in [0, 0.05) is 29.8 Å². The molecule has 0 aliphatic carbocycles. The van der Waals surface area contributed by atoms with Gasteiger partial charge in [0.1, 0.15) is 0 Å². The van der Waals surface area contributed by atoms with E-state index in [1.807, 2.05) is 19.1 Å². The summed E-state index contributed by atoms with van der Waals surface area (Å²) >= 11 is 0. The van der Waals surface area contributed by atoms with Gasteiger partial charge >= 0.3 is 5.97 Å². The molecular weight excluding hydrogens is 366 g/mol. The molecule has 0 N–H and O–H groups in total. The Morgan fingerprint density at radius 3 is 2.31 bits per heavy atom. The molecule has 0 amide bonds. The molecule has 29 heavy (non-hydrogen) atoms. The first-order valence-corrected chi connectivity index (χ1v) is 9.19. The number of aromatic nitrogens is 3. The fourth-order valence-corrected chi connectivity index (χ4v) is 3.25. The highest BCUT2D eigenvalue weighted by Gasteiger charge is 2.27. The summed E-state index contributed by atoms with van der Waals surface area (Å²) in [6.45, 7) is 1.85. The molecule has 0 radical (unpaired) electrons. The lowest BCUT2D eigenvalue weighted by Crippen LogP contribution is -2.20. The second-order valence-electron chi connectivity index (χ2n) is 6.73. The summed E-state index contributed by atoms with van der Waals surface area (Å²) in [5.41, 5.74) is 2.81. The number of ether oxygens (including phenoxy) is 1. The molecule has 144 valence electrons. The number of carbonyl (C=O) groups excluding carboxylic acids is 2. The fourth-order valence-electron chi connectivity index (χ4n) is 3.25. The Kier molecular flexibility index (Phi) is 4.91. The van der Waals surface area contributed by atoms with E-state index in [-0.39, 0.29) is 11.3 Å². The van der Waals surface area contributed by atoms with Crippen LogP contribution in [-0.2, 0) is 11.8 Å². The number of benzene rings is 2. The van der Waals surface area contributed by atoms with Crippen LogP contribution >= 0.6 is 0 Å². The van der Waals surface area contributed by atoms with Gasteiger partial charge < -0.3 is 4.74 Å². The maximum Gasteiger partial charge on any atom is 0.340 e. The number of pyridine rings is 1. The largest absolute Gasteiger partial charge is 0.445 e. The topological polar surface area (TPSA) is 74.1 Å². The van der Waals surface area contributed by atoms with E-state index in [1.54, 1.807) is 66.3 Å². The zero-order valence-electron chi connectivity index (χ0n) is 16.1. The van der Waals surface area contributed by atoms with Gasteiger partial charge in [-0.1, -0.05) is 60.7 Å². The smallest absolute Gasteiger partial charge is 0.340 e.